The maximum absolute atomic E-state index is 13.8. The second-order valence-electron chi connectivity index (χ2n) is 11.4. The molecular weight excluding hydrogens is 586 g/mol. The SMILES string of the molecule is Cc1cccc(Nc2nc(Cl)nc(Nc3c(C)c(C)c(C)c(Nc4cc(C)c(N)c5c4C(=O)c4ccccc4C5=O)c3C)n2)c1. The molecule has 0 spiro atoms. The lowest BCUT2D eigenvalue weighted by atomic mass is 9.81. The van der Waals surface area contributed by atoms with Gasteiger partial charge in [-0.25, -0.2) is 0 Å². The van der Waals surface area contributed by atoms with Crippen LogP contribution >= 0.6 is 11.6 Å². The smallest absolute Gasteiger partial charge is 0.233 e. The summed E-state index contributed by atoms with van der Waals surface area (Å²) < 4.78 is 0. The quantitative estimate of drug-likeness (QED) is 0.137. The van der Waals surface area contributed by atoms with E-state index in [4.69, 9.17) is 17.3 Å². The molecular formula is C35H32ClN7O2. The number of benzene rings is 4. The van der Waals surface area contributed by atoms with Gasteiger partial charge in [0.25, 0.3) is 0 Å². The number of nitrogens with two attached hydrogens (primary N) is 1. The van der Waals surface area contributed by atoms with Gasteiger partial charge in [-0.1, -0.05) is 36.4 Å². The van der Waals surface area contributed by atoms with Gasteiger partial charge in [0.15, 0.2) is 11.6 Å². The van der Waals surface area contributed by atoms with E-state index in [2.05, 4.69) is 30.9 Å². The van der Waals surface area contributed by atoms with Crippen LogP contribution in [0.2, 0.25) is 5.28 Å². The number of fused-ring (bicyclic) bond motifs is 2. The van der Waals surface area contributed by atoms with Gasteiger partial charge in [-0.2, -0.15) is 15.0 Å². The molecule has 0 radical (unpaired) electrons. The van der Waals surface area contributed by atoms with E-state index in [-0.39, 0.29) is 33.9 Å². The Bertz CT molecular complexity index is 2070. The predicted octanol–water partition coefficient (Wildman–Crippen LogP) is 7.96. The first-order chi connectivity index (χ1) is 21.4. The highest BCUT2D eigenvalue weighted by Gasteiger charge is 2.34. The Morgan fingerprint density at radius 3 is 1.89 bits per heavy atom. The van der Waals surface area contributed by atoms with Crippen LogP contribution in [0.3, 0.4) is 0 Å². The second kappa shape index (κ2) is 11.3. The number of halogens is 1. The van der Waals surface area contributed by atoms with Gasteiger partial charge in [0, 0.05) is 33.9 Å². The van der Waals surface area contributed by atoms with Gasteiger partial charge in [0.05, 0.1) is 16.8 Å². The number of rotatable bonds is 6. The third-order valence-corrected chi connectivity index (χ3v) is 8.62. The van der Waals surface area contributed by atoms with Crippen LogP contribution in [-0.4, -0.2) is 26.5 Å². The van der Waals surface area contributed by atoms with Gasteiger partial charge in [-0.15, -0.1) is 0 Å². The molecule has 0 saturated carbocycles. The zero-order valence-electron chi connectivity index (χ0n) is 25.8. The first kappa shape index (κ1) is 29.8. The molecule has 226 valence electrons. The monoisotopic (exact) mass is 617 g/mol. The van der Waals surface area contributed by atoms with E-state index in [9.17, 15) is 9.59 Å². The molecule has 0 bridgehead atoms. The molecule has 10 heteroatoms. The fourth-order valence-electron chi connectivity index (χ4n) is 5.83. The molecule has 0 fully saturated rings. The van der Waals surface area contributed by atoms with E-state index in [1.165, 1.54) is 0 Å². The van der Waals surface area contributed by atoms with Crippen molar-refractivity contribution in [3.8, 4) is 0 Å². The molecule has 0 amide bonds. The maximum atomic E-state index is 13.8. The van der Waals surface area contributed by atoms with E-state index in [0.29, 0.717) is 34.0 Å². The number of nitrogens with zero attached hydrogens (tertiary/aromatic N) is 3. The molecule has 0 atom stereocenters. The highest BCUT2D eigenvalue weighted by molar-refractivity contribution is 6.32. The topological polar surface area (TPSA) is 135 Å². The first-order valence-corrected chi connectivity index (χ1v) is 14.8. The van der Waals surface area contributed by atoms with Crippen LogP contribution in [0.4, 0.5) is 40.3 Å². The van der Waals surface area contributed by atoms with Crippen LogP contribution in [0.25, 0.3) is 0 Å². The van der Waals surface area contributed by atoms with Crippen molar-refractivity contribution in [3.05, 3.63) is 116 Å². The van der Waals surface area contributed by atoms with Crippen molar-refractivity contribution in [2.75, 3.05) is 21.7 Å². The van der Waals surface area contributed by atoms with Gasteiger partial charge in [0.2, 0.25) is 17.2 Å². The molecule has 5 aromatic rings. The largest absolute Gasteiger partial charge is 0.398 e. The number of carbonyl (C=O) groups is 2. The maximum Gasteiger partial charge on any atom is 0.233 e. The van der Waals surface area contributed by atoms with Crippen molar-refractivity contribution in [1.82, 2.24) is 15.0 Å². The van der Waals surface area contributed by atoms with Crippen molar-refractivity contribution in [2.45, 2.75) is 41.5 Å². The summed E-state index contributed by atoms with van der Waals surface area (Å²) in [6.45, 7) is 11.9. The van der Waals surface area contributed by atoms with E-state index >= 15 is 0 Å². The molecule has 1 aliphatic rings. The van der Waals surface area contributed by atoms with Crippen LogP contribution in [0, 0.1) is 41.5 Å². The van der Waals surface area contributed by atoms with Crippen molar-refractivity contribution in [2.24, 2.45) is 0 Å². The Morgan fingerprint density at radius 2 is 1.24 bits per heavy atom. The molecule has 0 unspecified atom stereocenters. The number of anilines is 7. The summed E-state index contributed by atoms with van der Waals surface area (Å²) in [6, 6.07) is 16.5. The Morgan fingerprint density at radius 1 is 0.644 bits per heavy atom. The van der Waals surface area contributed by atoms with Crippen molar-refractivity contribution in [1.29, 1.82) is 0 Å². The molecule has 0 aliphatic heterocycles. The number of ketones is 2. The molecule has 5 N–H and O–H groups in total. The van der Waals surface area contributed by atoms with Gasteiger partial charge in [-0.3, -0.25) is 9.59 Å². The molecule has 1 heterocycles. The molecule has 1 aromatic heterocycles. The standard InChI is InChI=1S/C35H32ClN7O2/c1-16-10-9-11-22(14-16)38-34-41-33(36)42-35(43-34)40-30-20(5)18(3)19(4)29(21(30)6)39-25-15-17(2)28(37)27-26(25)31(44)23-12-7-8-13-24(23)32(27)45/h7-15,39H,37H2,1-6H3,(H2,38,40,41,42,43). The molecule has 1 aliphatic carbocycles. The third-order valence-electron chi connectivity index (χ3n) is 8.45. The Labute approximate surface area is 266 Å². The van der Waals surface area contributed by atoms with E-state index in [0.717, 1.165) is 44.9 Å². The highest BCUT2D eigenvalue weighted by atomic mass is 35.5. The lowest BCUT2D eigenvalue weighted by molar-refractivity contribution is 0.0980. The summed E-state index contributed by atoms with van der Waals surface area (Å²) in [6.07, 6.45) is 0. The molecule has 9 nitrogen and oxygen atoms in total. The number of hydrogen-bond donors (Lipinski definition) is 4. The van der Waals surface area contributed by atoms with E-state index in [1.807, 2.05) is 71.9 Å². The Kier molecular flexibility index (Phi) is 7.50. The zero-order chi connectivity index (χ0) is 32.2. The normalized spacial score (nSPS) is 12.1. The van der Waals surface area contributed by atoms with Gasteiger partial charge in [0.1, 0.15) is 0 Å². The fourth-order valence-corrected chi connectivity index (χ4v) is 5.99. The first-order valence-electron chi connectivity index (χ1n) is 14.5. The van der Waals surface area contributed by atoms with Gasteiger partial charge >= 0.3 is 0 Å². The number of aryl methyl sites for hydroxylation is 2. The summed E-state index contributed by atoms with van der Waals surface area (Å²) in [7, 11) is 0. The van der Waals surface area contributed by atoms with E-state index in [1.54, 1.807) is 24.3 Å². The molecule has 45 heavy (non-hydrogen) atoms. The summed E-state index contributed by atoms with van der Waals surface area (Å²) in [5.74, 6) is 0.0548. The molecule has 6 rings (SSSR count). The average molecular weight is 618 g/mol. The summed E-state index contributed by atoms with van der Waals surface area (Å²) in [5.41, 5.74) is 16.5. The van der Waals surface area contributed by atoms with Gasteiger partial charge < -0.3 is 21.7 Å². The molecule has 0 saturated heterocycles. The summed E-state index contributed by atoms with van der Waals surface area (Å²) >= 11 is 6.32. The fraction of sp³-hybridized carbons (Fsp3) is 0.171. The van der Waals surface area contributed by atoms with Crippen LogP contribution in [-0.2, 0) is 0 Å². The van der Waals surface area contributed by atoms with Crippen LogP contribution in [0.5, 0.6) is 0 Å². The van der Waals surface area contributed by atoms with Crippen LogP contribution in [0.15, 0.2) is 54.6 Å². The minimum absolute atomic E-state index is 0.0348. The summed E-state index contributed by atoms with van der Waals surface area (Å²) in [4.78, 5) is 40.6. The lowest BCUT2D eigenvalue weighted by Gasteiger charge is -2.26. The van der Waals surface area contributed by atoms with Crippen LogP contribution in [0.1, 0.15) is 65.2 Å². The highest BCUT2D eigenvalue weighted by Crippen LogP contribution is 2.42. The van der Waals surface area contributed by atoms with Crippen molar-refractivity contribution >= 4 is 63.5 Å². The average Bonchev–Trinajstić information content (AvgIpc) is 3.00. The van der Waals surface area contributed by atoms with Crippen molar-refractivity contribution in [3.63, 3.8) is 0 Å². The van der Waals surface area contributed by atoms with Crippen LogP contribution < -0.4 is 21.7 Å². The van der Waals surface area contributed by atoms with Gasteiger partial charge in [-0.05, 0) is 105 Å². The number of nitrogen functional groups attached to an aromatic ring is 1. The number of aromatic nitrogens is 3. The predicted molar refractivity (Wildman–Crippen MR) is 180 cm³/mol. The summed E-state index contributed by atoms with van der Waals surface area (Å²) in [5, 5.41) is 10.1. The zero-order valence-corrected chi connectivity index (χ0v) is 26.6. The minimum atomic E-state index is -0.262. The Balaban J connectivity index is 1.42. The minimum Gasteiger partial charge on any atom is -0.398 e. The lowest BCUT2D eigenvalue weighted by Crippen LogP contribution is -2.24. The number of carbonyl (C=O) groups excluding carboxylic acids is 2. The molecule has 4 aromatic carbocycles. The third kappa shape index (κ3) is 5.25. The number of nitrogens with one attached hydrogen (secondary N) is 3. The number of hydrogen-bond acceptors (Lipinski definition) is 9. The Hall–Kier alpha value is -5.28. The van der Waals surface area contributed by atoms with E-state index < -0.39 is 0 Å². The van der Waals surface area contributed by atoms with Crippen molar-refractivity contribution < 1.29 is 9.59 Å². The second-order valence-corrected chi connectivity index (χ2v) is 11.7.